The Morgan fingerprint density at radius 3 is 2.64 bits per heavy atom. The van der Waals surface area contributed by atoms with E-state index in [9.17, 15) is 4.79 Å². The summed E-state index contributed by atoms with van der Waals surface area (Å²) in [6.07, 6.45) is 1.29. The van der Waals surface area contributed by atoms with E-state index in [1.807, 2.05) is 6.07 Å². The van der Waals surface area contributed by atoms with Crippen LogP contribution in [0.15, 0.2) is 22.7 Å². The highest BCUT2D eigenvalue weighted by Gasteiger charge is 2.25. The van der Waals surface area contributed by atoms with E-state index < -0.39 is 5.97 Å². The van der Waals surface area contributed by atoms with Crippen LogP contribution >= 0.6 is 0 Å². The molecule has 0 amide bonds. The van der Waals surface area contributed by atoms with Crippen molar-refractivity contribution in [3.8, 4) is 22.9 Å². The number of likely N-dealkylation sites (tertiary alicyclic amines) is 1. The first-order valence-electron chi connectivity index (χ1n) is 8.11. The van der Waals surface area contributed by atoms with E-state index >= 15 is 0 Å². The number of hydrogen-bond donors (Lipinski definition) is 1. The molecule has 2 aromatic rings. The molecule has 0 aliphatic carbocycles. The lowest BCUT2D eigenvalue weighted by atomic mass is 9.97. The Bertz CT molecular complexity index is 738. The minimum Gasteiger partial charge on any atom is -0.493 e. The summed E-state index contributed by atoms with van der Waals surface area (Å²) in [6.45, 7) is 1.95. The van der Waals surface area contributed by atoms with E-state index in [0.29, 0.717) is 55.7 Å². The number of carboxylic acids is 1. The van der Waals surface area contributed by atoms with Crippen molar-refractivity contribution in [2.24, 2.45) is 5.92 Å². The van der Waals surface area contributed by atoms with E-state index in [0.717, 1.165) is 5.56 Å². The molecule has 1 aliphatic rings. The van der Waals surface area contributed by atoms with Crippen LogP contribution in [0.25, 0.3) is 11.4 Å². The van der Waals surface area contributed by atoms with Crippen molar-refractivity contribution in [2.75, 3.05) is 27.3 Å². The zero-order valence-electron chi connectivity index (χ0n) is 14.3. The fourth-order valence-electron chi connectivity index (χ4n) is 2.94. The highest BCUT2D eigenvalue weighted by atomic mass is 16.5. The molecule has 0 radical (unpaired) electrons. The summed E-state index contributed by atoms with van der Waals surface area (Å²) in [7, 11) is 3.15. The number of aromatic nitrogens is 2. The number of methoxy groups -OCH3 is 2. The van der Waals surface area contributed by atoms with Gasteiger partial charge in [0.15, 0.2) is 11.5 Å². The molecular weight excluding hydrogens is 326 g/mol. The Kier molecular flexibility index (Phi) is 5.18. The number of piperidine rings is 1. The molecule has 1 N–H and O–H groups in total. The van der Waals surface area contributed by atoms with E-state index in [-0.39, 0.29) is 5.92 Å². The Morgan fingerprint density at radius 1 is 1.28 bits per heavy atom. The normalized spacial score (nSPS) is 15.9. The first-order valence-corrected chi connectivity index (χ1v) is 8.11. The third kappa shape index (κ3) is 3.90. The summed E-state index contributed by atoms with van der Waals surface area (Å²) in [5.74, 6) is 1.27. The molecule has 0 spiro atoms. The number of ether oxygens (including phenoxy) is 2. The number of hydrogen-bond acceptors (Lipinski definition) is 7. The predicted octanol–water partition coefficient (Wildman–Crippen LogP) is 2.05. The quantitative estimate of drug-likeness (QED) is 0.848. The van der Waals surface area contributed by atoms with Crippen LogP contribution in [0.1, 0.15) is 18.7 Å². The fourth-order valence-corrected chi connectivity index (χ4v) is 2.94. The second-order valence-electron chi connectivity index (χ2n) is 5.97. The van der Waals surface area contributed by atoms with E-state index in [4.69, 9.17) is 19.1 Å². The van der Waals surface area contributed by atoms with Crippen LogP contribution in [0, 0.1) is 5.92 Å². The topological polar surface area (TPSA) is 97.9 Å². The summed E-state index contributed by atoms with van der Waals surface area (Å²) in [6, 6.07) is 5.43. The molecule has 8 nitrogen and oxygen atoms in total. The second kappa shape index (κ2) is 7.52. The molecule has 25 heavy (non-hydrogen) atoms. The van der Waals surface area contributed by atoms with Gasteiger partial charge in [0.25, 0.3) is 0 Å². The fraction of sp³-hybridized carbons (Fsp3) is 0.471. The van der Waals surface area contributed by atoms with Crippen molar-refractivity contribution in [2.45, 2.75) is 19.4 Å². The van der Waals surface area contributed by atoms with Gasteiger partial charge in [-0.3, -0.25) is 9.69 Å². The summed E-state index contributed by atoms with van der Waals surface area (Å²) >= 11 is 0. The number of aliphatic carboxylic acids is 1. The van der Waals surface area contributed by atoms with Gasteiger partial charge in [0.1, 0.15) is 0 Å². The Labute approximate surface area is 145 Å². The lowest BCUT2D eigenvalue weighted by Crippen LogP contribution is -2.35. The van der Waals surface area contributed by atoms with Crippen LogP contribution in [-0.4, -0.2) is 53.4 Å². The number of carboxylic acid groups (broad SMARTS) is 1. The maximum absolute atomic E-state index is 11.0. The second-order valence-corrected chi connectivity index (χ2v) is 5.97. The molecule has 0 saturated carbocycles. The van der Waals surface area contributed by atoms with Crippen LogP contribution in [0.2, 0.25) is 0 Å². The van der Waals surface area contributed by atoms with Crippen LogP contribution in [-0.2, 0) is 11.3 Å². The van der Waals surface area contributed by atoms with Gasteiger partial charge in [-0.2, -0.15) is 4.98 Å². The number of carbonyl (C=O) groups is 1. The molecule has 1 aromatic carbocycles. The van der Waals surface area contributed by atoms with Crippen LogP contribution in [0.3, 0.4) is 0 Å². The molecular formula is C17H21N3O5. The highest BCUT2D eigenvalue weighted by Crippen LogP contribution is 2.31. The molecule has 0 unspecified atom stereocenters. The average Bonchev–Trinajstić information content (AvgIpc) is 3.10. The monoisotopic (exact) mass is 347 g/mol. The average molecular weight is 347 g/mol. The van der Waals surface area contributed by atoms with Crippen LogP contribution < -0.4 is 9.47 Å². The number of nitrogens with zero attached hydrogens (tertiary/aromatic N) is 3. The molecule has 1 aromatic heterocycles. The van der Waals surface area contributed by atoms with Crippen molar-refractivity contribution >= 4 is 5.97 Å². The molecule has 0 atom stereocenters. The molecule has 1 aliphatic heterocycles. The highest BCUT2D eigenvalue weighted by molar-refractivity contribution is 5.70. The van der Waals surface area contributed by atoms with Gasteiger partial charge in [-0.1, -0.05) is 5.16 Å². The van der Waals surface area contributed by atoms with Crippen molar-refractivity contribution in [3.63, 3.8) is 0 Å². The van der Waals surface area contributed by atoms with Gasteiger partial charge < -0.3 is 19.1 Å². The minimum atomic E-state index is -0.715. The van der Waals surface area contributed by atoms with Crippen molar-refractivity contribution in [1.82, 2.24) is 15.0 Å². The Morgan fingerprint density at radius 2 is 2.00 bits per heavy atom. The molecule has 0 bridgehead atoms. The summed E-state index contributed by atoms with van der Waals surface area (Å²) in [4.78, 5) is 17.6. The number of benzene rings is 1. The van der Waals surface area contributed by atoms with Gasteiger partial charge in [-0.05, 0) is 44.1 Å². The van der Waals surface area contributed by atoms with Gasteiger partial charge in [-0.25, -0.2) is 0 Å². The lowest BCUT2D eigenvalue weighted by molar-refractivity contribution is -0.143. The van der Waals surface area contributed by atoms with Gasteiger partial charge >= 0.3 is 5.97 Å². The van der Waals surface area contributed by atoms with E-state index in [2.05, 4.69) is 15.0 Å². The van der Waals surface area contributed by atoms with E-state index in [1.54, 1.807) is 26.4 Å². The number of rotatable bonds is 6. The minimum absolute atomic E-state index is 0.249. The van der Waals surface area contributed by atoms with Gasteiger partial charge in [0.2, 0.25) is 11.7 Å². The lowest BCUT2D eigenvalue weighted by Gasteiger charge is -2.28. The molecule has 1 fully saturated rings. The van der Waals surface area contributed by atoms with Crippen molar-refractivity contribution < 1.29 is 23.9 Å². The Balaban J connectivity index is 1.66. The smallest absolute Gasteiger partial charge is 0.306 e. The van der Waals surface area contributed by atoms with Gasteiger partial charge in [-0.15, -0.1) is 0 Å². The first-order chi connectivity index (χ1) is 12.1. The summed E-state index contributed by atoms with van der Waals surface area (Å²) in [5, 5.41) is 13.1. The van der Waals surface area contributed by atoms with Crippen molar-refractivity contribution in [1.29, 1.82) is 0 Å². The summed E-state index contributed by atoms with van der Waals surface area (Å²) in [5.41, 5.74) is 0.775. The zero-order valence-corrected chi connectivity index (χ0v) is 14.3. The first kappa shape index (κ1) is 17.2. The van der Waals surface area contributed by atoms with E-state index in [1.165, 1.54) is 0 Å². The predicted molar refractivity (Wildman–Crippen MR) is 88.5 cm³/mol. The SMILES string of the molecule is COc1ccc(-c2noc(CN3CCC(C(=O)O)CC3)n2)cc1OC. The molecule has 1 saturated heterocycles. The standard InChI is InChI=1S/C17H21N3O5/c1-23-13-4-3-12(9-14(13)24-2)16-18-15(25-19-16)10-20-7-5-11(6-8-20)17(21)22/h3-4,9,11H,5-8,10H2,1-2H3,(H,21,22). The third-order valence-electron chi connectivity index (χ3n) is 4.41. The largest absolute Gasteiger partial charge is 0.493 e. The zero-order chi connectivity index (χ0) is 17.8. The molecule has 134 valence electrons. The van der Waals surface area contributed by atoms with Gasteiger partial charge in [0.05, 0.1) is 26.7 Å². The molecule has 3 rings (SSSR count). The maximum atomic E-state index is 11.0. The van der Waals surface area contributed by atoms with Crippen molar-refractivity contribution in [3.05, 3.63) is 24.1 Å². The van der Waals surface area contributed by atoms with Crippen LogP contribution in [0.5, 0.6) is 11.5 Å². The molecule has 8 heteroatoms. The third-order valence-corrected chi connectivity index (χ3v) is 4.41. The van der Waals surface area contributed by atoms with Crippen LogP contribution in [0.4, 0.5) is 0 Å². The summed E-state index contributed by atoms with van der Waals surface area (Å²) < 4.78 is 15.8. The molecule has 2 heterocycles. The maximum Gasteiger partial charge on any atom is 0.306 e. The Hall–Kier alpha value is -2.61. The van der Waals surface area contributed by atoms with Gasteiger partial charge in [0, 0.05) is 5.56 Å².